The molecule has 1 fully saturated rings. The van der Waals surface area contributed by atoms with Crippen LogP contribution in [0.2, 0.25) is 0 Å². The van der Waals surface area contributed by atoms with Gasteiger partial charge in [-0.15, -0.1) is 0 Å². The molecule has 4 heteroatoms. The van der Waals surface area contributed by atoms with Crippen molar-refractivity contribution in [2.75, 3.05) is 13.2 Å². The van der Waals surface area contributed by atoms with E-state index in [4.69, 9.17) is 0 Å². The highest BCUT2D eigenvalue weighted by atomic mass is 16.3. The first-order valence-electron chi connectivity index (χ1n) is 5.94. The Morgan fingerprint density at radius 3 is 2.25 bits per heavy atom. The van der Waals surface area contributed by atoms with Crippen molar-refractivity contribution in [1.29, 1.82) is 0 Å². The molecule has 1 atom stereocenters. The first kappa shape index (κ1) is 13.2. The van der Waals surface area contributed by atoms with Crippen molar-refractivity contribution in [2.24, 2.45) is 11.3 Å². The summed E-state index contributed by atoms with van der Waals surface area (Å²) in [6.45, 7) is 6.12. The zero-order valence-electron chi connectivity index (χ0n) is 10.3. The Kier molecular flexibility index (Phi) is 4.08. The molecule has 2 amide bonds. The molecule has 92 valence electrons. The third kappa shape index (κ3) is 2.26. The van der Waals surface area contributed by atoms with Crippen LogP contribution in [0.5, 0.6) is 0 Å². The molecule has 0 aliphatic carbocycles. The maximum atomic E-state index is 11.8. The molecular weight excluding hydrogens is 206 g/mol. The topological polar surface area (TPSA) is 57.6 Å². The van der Waals surface area contributed by atoms with E-state index >= 15 is 0 Å². The number of hydrogen-bond acceptors (Lipinski definition) is 3. The lowest BCUT2D eigenvalue weighted by atomic mass is 9.82. The van der Waals surface area contributed by atoms with Crippen LogP contribution in [0.4, 0.5) is 0 Å². The molecule has 4 nitrogen and oxygen atoms in total. The number of amides is 2. The number of aliphatic hydroxyl groups is 1. The van der Waals surface area contributed by atoms with E-state index in [0.29, 0.717) is 13.0 Å². The Morgan fingerprint density at radius 1 is 1.38 bits per heavy atom. The van der Waals surface area contributed by atoms with Crippen LogP contribution < -0.4 is 0 Å². The van der Waals surface area contributed by atoms with Crippen molar-refractivity contribution >= 4 is 11.8 Å². The molecule has 1 heterocycles. The second kappa shape index (κ2) is 4.95. The third-order valence-corrected chi connectivity index (χ3v) is 3.80. The summed E-state index contributed by atoms with van der Waals surface area (Å²) in [6.07, 6.45) is 1.85. The van der Waals surface area contributed by atoms with E-state index in [9.17, 15) is 14.7 Å². The molecule has 1 rings (SSSR count). The normalized spacial score (nSPS) is 22.0. The molecule has 1 aliphatic rings. The molecule has 0 bridgehead atoms. The molecule has 0 aromatic heterocycles. The lowest BCUT2D eigenvalue weighted by molar-refractivity contribution is -0.141. The number of hydrogen-bond donors (Lipinski definition) is 1. The van der Waals surface area contributed by atoms with Gasteiger partial charge in [0.25, 0.3) is 0 Å². The number of carbonyl (C=O) groups is 2. The van der Waals surface area contributed by atoms with Crippen LogP contribution >= 0.6 is 0 Å². The summed E-state index contributed by atoms with van der Waals surface area (Å²) < 4.78 is 0. The Labute approximate surface area is 96.6 Å². The molecule has 0 spiro atoms. The Balaban J connectivity index is 2.79. The predicted molar refractivity (Wildman–Crippen MR) is 60.6 cm³/mol. The number of aliphatic hydroxyl groups excluding tert-OH is 1. The summed E-state index contributed by atoms with van der Waals surface area (Å²) in [4.78, 5) is 24.7. The average Bonchev–Trinajstić information content (AvgIpc) is 2.52. The minimum absolute atomic E-state index is 0.0193. The van der Waals surface area contributed by atoms with E-state index in [-0.39, 0.29) is 29.8 Å². The Hall–Kier alpha value is -0.900. The van der Waals surface area contributed by atoms with Crippen LogP contribution in [0.15, 0.2) is 0 Å². The van der Waals surface area contributed by atoms with Crippen molar-refractivity contribution in [1.82, 2.24) is 4.90 Å². The van der Waals surface area contributed by atoms with E-state index in [1.54, 1.807) is 6.92 Å². The first-order chi connectivity index (χ1) is 7.49. The second-order valence-corrected chi connectivity index (χ2v) is 4.79. The fourth-order valence-electron chi connectivity index (χ4n) is 2.10. The number of carbonyl (C=O) groups excluding carboxylic acids is 2. The van der Waals surface area contributed by atoms with Crippen LogP contribution in [0, 0.1) is 11.3 Å². The van der Waals surface area contributed by atoms with Crippen LogP contribution in [-0.4, -0.2) is 35.0 Å². The van der Waals surface area contributed by atoms with Gasteiger partial charge in [-0.25, -0.2) is 0 Å². The largest absolute Gasteiger partial charge is 0.396 e. The standard InChI is InChI=1S/C12H21NO3/c1-4-12(5-2,8-14)7-13-10(15)6-9(3)11(13)16/h9,14H,4-8H2,1-3H3. The first-order valence-corrected chi connectivity index (χ1v) is 5.94. The molecule has 0 radical (unpaired) electrons. The van der Waals surface area contributed by atoms with Gasteiger partial charge in [0, 0.05) is 24.3 Å². The second-order valence-electron chi connectivity index (χ2n) is 4.79. The smallest absolute Gasteiger partial charge is 0.232 e. The van der Waals surface area contributed by atoms with Crippen molar-refractivity contribution in [3.63, 3.8) is 0 Å². The SMILES string of the molecule is CCC(CC)(CO)CN1C(=O)CC(C)C1=O. The highest BCUT2D eigenvalue weighted by molar-refractivity contribution is 6.03. The van der Waals surface area contributed by atoms with Crippen LogP contribution in [-0.2, 0) is 9.59 Å². The van der Waals surface area contributed by atoms with Gasteiger partial charge in [-0.1, -0.05) is 20.8 Å². The molecule has 1 N–H and O–H groups in total. The van der Waals surface area contributed by atoms with Crippen LogP contribution in [0.25, 0.3) is 0 Å². The highest BCUT2D eigenvalue weighted by Crippen LogP contribution is 2.30. The van der Waals surface area contributed by atoms with E-state index in [1.165, 1.54) is 4.90 Å². The summed E-state index contributed by atoms with van der Waals surface area (Å²) in [5, 5.41) is 9.43. The van der Waals surface area contributed by atoms with Crippen molar-refractivity contribution < 1.29 is 14.7 Å². The summed E-state index contributed by atoms with van der Waals surface area (Å²) in [5.74, 6) is -0.389. The summed E-state index contributed by atoms with van der Waals surface area (Å²) in [5.41, 5.74) is -0.324. The zero-order valence-corrected chi connectivity index (χ0v) is 10.3. The van der Waals surface area contributed by atoms with Gasteiger partial charge in [-0.05, 0) is 12.8 Å². The number of likely N-dealkylation sites (tertiary alicyclic amines) is 1. The highest BCUT2D eigenvalue weighted by Gasteiger charge is 2.40. The lowest BCUT2D eigenvalue weighted by Gasteiger charge is -2.33. The molecular formula is C12H21NO3. The van der Waals surface area contributed by atoms with E-state index in [1.807, 2.05) is 13.8 Å². The van der Waals surface area contributed by atoms with Gasteiger partial charge < -0.3 is 5.11 Å². The summed E-state index contributed by atoms with van der Waals surface area (Å²) in [6, 6.07) is 0. The number of nitrogens with zero attached hydrogens (tertiary/aromatic N) is 1. The van der Waals surface area contributed by atoms with Gasteiger partial charge in [0.1, 0.15) is 0 Å². The predicted octanol–water partition coefficient (Wildman–Crippen LogP) is 1.18. The van der Waals surface area contributed by atoms with Crippen LogP contribution in [0.3, 0.4) is 0 Å². The molecule has 0 aromatic carbocycles. The summed E-state index contributed by atoms with van der Waals surface area (Å²) >= 11 is 0. The zero-order chi connectivity index (χ0) is 12.3. The molecule has 0 saturated carbocycles. The van der Waals surface area contributed by atoms with Gasteiger partial charge in [-0.2, -0.15) is 0 Å². The van der Waals surface area contributed by atoms with Gasteiger partial charge in [0.15, 0.2) is 0 Å². The number of rotatable bonds is 5. The van der Waals surface area contributed by atoms with Gasteiger partial charge in [-0.3, -0.25) is 14.5 Å². The Morgan fingerprint density at radius 2 is 1.94 bits per heavy atom. The third-order valence-electron chi connectivity index (χ3n) is 3.80. The number of imide groups is 1. The lowest BCUT2D eigenvalue weighted by Crippen LogP contribution is -2.42. The molecule has 16 heavy (non-hydrogen) atoms. The molecule has 1 saturated heterocycles. The molecule has 0 aromatic rings. The minimum Gasteiger partial charge on any atom is -0.396 e. The van der Waals surface area contributed by atoms with E-state index < -0.39 is 0 Å². The quantitative estimate of drug-likeness (QED) is 0.717. The molecule has 1 unspecified atom stereocenters. The molecule has 1 aliphatic heterocycles. The average molecular weight is 227 g/mol. The van der Waals surface area contributed by atoms with E-state index in [0.717, 1.165) is 12.8 Å². The van der Waals surface area contributed by atoms with Crippen LogP contribution in [0.1, 0.15) is 40.0 Å². The minimum atomic E-state index is -0.324. The van der Waals surface area contributed by atoms with Gasteiger partial charge in [0.2, 0.25) is 11.8 Å². The van der Waals surface area contributed by atoms with Gasteiger partial charge >= 0.3 is 0 Å². The van der Waals surface area contributed by atoms with Gasteiger partial charge in [0.05, 0.1) is 6.61 Å². The van der Waals surface area contributed by atoms with Crippen molar-refractivity contribution in [3.05, 3.63) is 0 Å². The monoisotopic (exact) mass is 227 g/mol. The fraction of sp³-hybridized carbons (Fsp3) is 0.833. The maximum absolute atomic E-state index is 11.8. The Bertz CT molecular complexity index is 276. The maximum Gasteiger partial charge on any atom is 0.232 e. The van der Waals surface area contributed by atoms with E-state index in [2.05, 4.69) is 0 Å². The fourth-order valence-corrected chi connectivity index (χ4v) is 2.10. The van der Waals surface area contributed by atoms with Crippen molar-refractivity contribution in [2.45, 2.75) is 40.0 Å². The summed E-state index contributed by atoms with van der Waals surface area (Å²) in [7, 11) is 0. The van der Waals surface area contributed by atoms with Crippen molar-refractivity contribution in [3.8, 4) is 0 Å².